The van der Waals surface area contributed by atoms with Crippen LogP contribution in [0.4, 0.5) is 0 Å². The van der Waals surface area contributed by atoms with Crippen LogP contribution in [0.25, 0.3) is 34.4 Å². The van der Waals surface area contributed by atoms with Gasteiger partial charge in [0.25, 0.3) is 0 Å². The van der Waals surface area contributed by atoms with Gasteiger partial charge in [-0.15, -0.1) is 0 Å². The Kier molecular flexibility index (Phi) is 8.30. The lowest BCUT2D eigenvalue weighted by atomic mass is 9.94. The van der Waals surface area contributed by atoms with Gasteiger partial charge in [-0.25, -0.2) is 0 Å². The minimum atomic E-state index is -2.03. The molecule has 46 heavy (non-hydrogen) atoms. The fraction of sp³-hybridized carbons (Fsp3) is 0.244. The third kappa shape index (κ3) is 5.78. The molecule has 5 aromatic rings. The first-order chi connectivity index (χ1) is 22.3. The van der Waals surface area contributed by atoms with E-state index >= 15 is 0 Å². The highest BCUT2D eigenvalue weighted by Gasteiger charge is 2.40. The van der Waals surface area contributed by atoms with E-state index in [0.29, 0.717) is 11.8 Å². The van der Waals surface area contributed by atoms with E-state index in [1.165, 1.54) is 67.2 Å². The van der Waals surface area contributed by atoms with Crippen LogP contribution in [0.3, 0.4) is 0 Å². The molecular weight excluding hydrogens is 569 g/mol. The second-order valence-corrected chi connectivity index (χ2v) is 18.8. The summed E-state index contributed by atoms with van der Waals surface area (Å²) in [5.74, 6) is 1.09. The summed E-state index contributed by atoms with van der Waals surface area (Å²) < 4.78 is 0. The average Bonchev–Trinajstić information content (AvgIpc) is 3.74. The first-order valence-corrected chi connectivity index (χ1v) is 19.9. The van der Waals surface area contributed by atoms with Crippen LogP contribution >= 0.6 is 0 Å². The summed E-state index contributed by atoms with van der Waals surface area (Å²) in [5.41, 5.74) is 15.5. The molecule has 2 aliphatic carbocycles. The molecule has 2 aliphatic rings. The van der Waals surface area contributed by atoms with Crippen molar-refractivity contribution in [1.82, 2.24) is 0 Å². The highest BCUT2D eigenvalue weighted by molar-refractivity contribution is 6.93. The molecule has 0 amide bonds. The lowest BCUT2D eigenvalue weighted by molar-refractivity contribution is 0.867. The van der Waals surface area contributed by atoms with Crippen molar-refractivity contribution in [2.45, 2.75) is 71.4 Å². The number of allylic oxidation sites excluding steroid dienone is 2. The van der Waals surface area contributed by atoms with E-state index in [-0.39, 0.29) is 0 Å². The van der Waals surface area contributed by atoms with Gasteiger partial charge < -0.3 is 0 Å². The van der Waals surface area contributed by atoms with Gasteiger partial charge in [-0.1, -0.05) is 172 Å². The van der Waals surface area contributed by atoms with Gasteiger partial charge in [0.05, 0.1) is 0 Å². The molecule has 0 aliphatic heterocycles. The van der Waals surface area contributed by atoms with Crippen LogP contribution in [0.2, 0.25) is 12.6 Å². The number of hydrogen-bond acceptors (Lipinski definition) is 0. The largest absolute Gasteiger partial charge is 0.107 e. The Bertz CT molecular complexity index is 1800. The monoisotopic (exact) mass is 614 g/mol. The fourth-order valence-corrected chi connectivity index (χ4v) is 11.5. The van der Waals surface area contributed by atoms with E-state index in [9.17, 15) is 0 Å². The summed E-state index contributed by atoms with van der Waals surface area (Å²) in [4.78, 5) is 0. The molecular formula is C45H46Si. The van der Waals surface area contributed by atoms with Crippen LogP contribution in [0.1, 0.15) is 78.5 Å². The van der Waals surface area contributed by atoms with Gasteiger partial charge in [0.15, 0.2) is 0 Å². The second-order valence-electron chi connectivity index (χ2n) is 14.3. The number of rotatable bonds is 9. The molecule has 0 radical (unpaired) electrons. The summed E-state index contributed by atoms with van der Waals surface area (Å²) in [7, 11) is -2.03. The third-order valence-corrected chi connectivity index (χ3v) is 15.5. The van der Waals surface area contributed by atoms with Crippen molar-refractivity contribution in [3.63, 3.8) is 0 Å². The lowest BCUT2D eigenvalue weighted by Crippen LogP contribution is -2.37. The molecule has 0 unspecified atom stereocenters. The Morgan fingerprint density at radius 1 is 0.522 bits per heavy atom. The average molecular weight is 615 g/mol. The first kappa shape index (κ1) is 30.5. The zero-order valence-corrected chi connectivity index (χ0v) is 29.1. The third-order valence-electron chi connectivity index (χ3n) is 10.7. The molecule has 0 saturated heterocycles. The molecule has 230 valence electrons. The van der Waals surface area contributed by atoms with Gasteiger partial charge in [0, 0.05) is 0 Å². The highest BCUT2D eigenvalue weighted by Crippen LogP contribution is 2.45. The smallest absolute Gasteiger partial charge is 0.0712 e. The van der Waals surface area contributed by atoms with Gasteiger partial charge >= 0.3 is 0 Å². The predicted octanol–water partition coefficient (Wildman–Crippen LogP) is 12.2. The number of hydrogen-bond donors (Lipinski definition) is 0. The van der Waals surface area contributed by atoms with E-state index in [4.69, 9.17) is 0 Å². The van der Waals surface area contributed by atoms with Crippen molar-refractivity contribution in [2.24, 2.45) is 0 Å². The van der Waals surface area contributed by atoms with E-state index in [2.05, 4.69) is 162 Å². The predicted molar refractivity (Wildman–Crippen MR) is 202 cm³/mol. The maximum atomic E-state index is 2.67. The van der Waals surface area contributed by atoms with Crippen LogP contribution < -0.4 is 0 Å². The van der Waals surface area contributed by atoms with Gasteiger partial charge in [0.1, 0.15) is 8.07 Å². The van der Waals surface area contributed by atoms with Crippen molar-refractivity contribution in [3.8, 4) is 22.3 Å². The van der Waals surface area contributed by atoms with E-state index in [1.807, 2.05) is 0 Å². The van der Waals surface area contributed by atoms with Crippen LogP contribution in [0, 0.1) is 0 Å². The molecule has 0 saturated carbocycles. The highest BCUT2D eigenvalue weighted by atomic mass is 28.3. The van der Waals surface area contributed by atoms with Crippen molar-refractivity contribution in [3.05, 3.63) is 165 Å². The number of aryl methyl sites for hydroxylation is 1. The molecule has 1 heteroatoms. The molecule has 5 aromatic carbocycles. The van der Waals surface area contributed by atoms with Crippen molar-refractivity contribution < 1.29 is 0 Å². The Labute approximate surface area is 277 Å². The normalized spacial score (nSPS) is 14.0. The molecule has 0 aromatic heterocycles. The minimum Gasteiger partial charge on any atom is -0.0712 e. The molecule has 0 heterocycles. The molecule has 0 N–H and O–H groups in total. The minimum absolute atomic E-state index is 0.544. The van der Waals surface area contributed by atoms with Gasteiger partial charge in [-0.05, 0) is 98.3 Å². The van der Waals surface area contributed by atoms with Crippen molar-refractivity contribution in [2.75, 3.05) is 0 Å². The van der Waals surface area contributed by atoms with Gasteiger partial charge in [-0.3, -0.25) is 0 Å². The van der Waals surface area contributed by atoms with E-state index in [0.717, 1.165) is 19.3 Å². The van der Waals surface area contributed by atoms with E-state index in [1.54, 1.807) is 10.4 Å². The van der Waals surface area contributed by atoms with Crippen LogP contribution in [0.5, 0.6) is 0 Å². The topological polar surface area (TPSA) is 0 Å². The van der Waals surface area contributed by atoms with Crippen LogP contribution in [0.15, 0.2) is 126 Å². The quantitative estimate of drug-likeness (QED) is 0.145. The molecule has 0 nitrogen and oxygen atoms in total. The van der Waals surface area contributed by atoms with Crippen molar-refractivity contribution >= 4 is 20.2 Å². The standard InChI is InChI=1S/C45H46Si/c1-31(2)34-17-21-36(22-18-34)42-15-9-13-38-27-40(29-44(38)42)46(5,26-25-33-11-7-6-8-12-33)41-28-39-14-10-16-43(45(39)30-41)37-23-19-35(20-24-37)32(3)4/h6-24,29-32H,25-28H2,1-5H3. The number of fused-ring (bicyclic) bond motifs is 2. The fourth-order valence-electron chi connectivity index (χ4n) is 7.61. The lowest BCUT2D eigenvalue weighted by Gasteiger charge is -2.31. The number of benzene rings is 5. The molecule has 0 fully saturated rings. The van der Waals surface area contributed by atoms with Gasteiger partial charge in [0.2, 0.25) is 0 Å². The molecule has 0 atom stereocenters. The zero-order chi connectivity index (χ0) is 31.8. The SMILES string of the molecule is CC(C)c1ccc(-c2cccc3c2C=C([Si](C)(CCc2ccccc2)C2=Cc4c(cccc4-c4ccc(C(C)C)cc4)C2)C3)cc1. The molecule has 0 spiro atoms. The summed E-state index contributed by atoms with van der Waals surface area (Å²) in [6.45, 7) is 11.7. The Morgan fingerprint density at radius 3 is 1.41 bits per heavy atom. The second kappa shape index (κ2) is 12.5. The summed E-state index contributed by atoms with van der Waals surface area (Å²) in [5, 5.41) is 3.37. The Morgan fingerprint density at radius 2 is 0.978 bits per heavy atom. The van der Waals surface area contributed by atoms with E-state index < -0.39 is 8.07 Å². The van der Waals surface area contributed by atoms with Crippen molar-refractivity contribution in [1.29, 1.82) is 0 Å². The van der Waals surface area contributed by atoms with Gasteiger partial charge in [-0.2, -0.15) is 0 Å². The Hall–Kier alpha value is -4.20. The Balaban J connectivity index is 1.28. The molecule has 0 bridgehead atoms. The first-order valence-electron chi connectivity index (χ1n) is 17.2. The maximum absolute atomic E-state index is 2.67. The summed E-state index contributed by atoms with van der Waals surface area (Å²) >= 11 is 0. The van der Waals surface area contributed by atoms with Crippen LogP contribution in [-0.4, -0.2) is 8.07 Å². The summed E-state index contributed by atoms with van der Waals surface area (Å²) in [6.07, 6.45) is 8.50. The summed E-state index contributed by atoms with van der Waals surface area (Å²) in [6, 6.07) is 44.9. The molecule has 7 rings (SSSR count). The maximum Gasteiger partial charge on any atom is 0.107 e. The van der Waals surface area contributed by atoms with Crippen LogP contribution in [-0.2, 0) is 19.3 Å². The zero-order valence-electron chi connectivity index (χ0n) is 28.1.